The average molecular weight is 334 g/mol. The summed E-state index contributed by atoms with van der Waals surface area (Å²) in [4.78, 5) is 25.7. The maximum absolute atomic E-state index is 12.5. The molecule has 0 saturated carbocycles. The lowest BCUT2D eigenvalue weighted by Gasteiger charge is -2.37. The van der Waals surface area contributed by atoms with Crippen LogP contribution in [0.2, 0.25) is 0 Å². The van der Waals surface area contributed by atoms with Crippen molar-refractivity contribution in [1.29, 1.82) is 0 Å². The summed E-state index contributed by atoms with van der Waals surface area (Å²) >= 11 is 1.18. The van der Waals surface area contributed by atoms with Crippen LogP contribution < -0.4 is 5.73 Å². The molecule has 1 aromatic rings. The molecule has 1 aliphatic heterocycles. The van der Waals surface area contributed by atoms with Crippen LogP contribution in [0.3, 0.4) is 0 Å². The highest BCUT2D eigenvalue weighted by atomic mass is 35.5. The van der Waals surface area contributed by atoms with Gasteiger partial charge in [0.1, 0.15) is 0 Å². The highest BCUT2D eigenvalue weighted by Gasteiger charge is 2.31. The number of nitro groups is 1. The summed E-state index contributed by atoms with van der Waals surface area (Å²) in [6, 6.07) is 1.42. The van der Waals surface area contributed by atoms with Crippen molar-refractivity contribution in [1.82, 2.24) is 4.90 Å². The van der Waals surface area contributed by atoms with Gasteiger partial charge in [-0.3, -0.25) is 14.9 Å². The second kappa shape index (κ2) is 7.20. The number of carbonyl (C=O) groups excluding carboxylic acids is 1. The molecule has 0 bridgehead atoms. The van der Waals surface area contributed by atoms with E-state index in [1.807, 2.05) is 0 Å². The summed E-state index contributed by atoms with van der Waals surface area (Å²) in [5.74, 6) is 0.431. The number of piperidine rings is 1. The van der Waals surface area contributed by atoms with Crippen molar-refractivity contribution in [3.8, 4) is 0 Å². The molecule has 0 spiro atoms. The van der Waals surface area contributed by atoms with Crippen LogP contribution in [-0.4, -0.2) is 34.9 Å². The number of carbonyl (C=O) groups is 1. The second-order valence-corrected chi connectivity index (χ2v) is 6.58. The number of halogens is 1. The zero-order chi connectivity index (χ0) is 14.9. The number of hydrogen-bond acceptors (Lipinski definition) is 5. The molecule has 2 N–H and O–H groups in total. The smallest absolute Gasteiger partial charge is 0.283 e. The summed E-state index contributed by atoms with van der Waals surface area (Å²) in [5.41, 5.74) is 5.78. The fourth-order valence-electron chi connectivity index (χ4n) is 2.64. The number of nitrogens with zero attached hydrogens (tertiary/aromatic N) is 2. The molecular formula is C13H20ClN3O3S. The van der Waals surface area contributed by atoms with Gasteiger partial charge in [-0.2, -0.15) is 0 Å². The third kappa shape index (κ3) is 3.72. The Morgan fingerprint density at radius 1 is 1.62 bits per heavy atom. The average Bonchev–Trinajstić information content (AvgIpc) is 2.80. The van der Waals surface area contributed by atoms with Crippen molar-refractivity contribution < 1.29 is 9.72 Å². The van der Waals surface area contributed by atoms with Crippen LogP contribution in [0.15, 0.2) is 6.07 Å². The van der Waals surface area contributed by atoms with Crippen LogP contribution >= 0.6 is 23.7 Å². The van der Waals surface area contributed by atoms with Gasteiger partial charge in [-0.05, 0) is 25.7 Å². The Bertz CT molecular complexity index is 535. The Balaban J connectivity index is 0.00000220. The van der Waals surface area contributed by atoms with Crippen molar-refractivity contribution >= 4 is 35.3 Å². The summed E-state index contributed by atoms with van der Waals surface area (Å²) in [6.45, 7) is 4.93. The van der Waals surface area contributed by atoms with Crippen LogP contribution in [0.4, 0.5) is 5.69 Å². The van der Waals surface area contributed by atoms with Crippen LogP contribution in [-0.2, 0) is 0 Å². The van der Waals surface area contributed by atoms with E-state index >= 15 is 0 Å². The Hall–Kier alpha value is -1.18. The lowest BCUT2D eigenvalue weighted by Crippen LogP contribution is -2.49. The van der Waals surface area contributed by atoms with E-state index in [1.54, 1.807) is 11.8 Å². The molecule has 1 aliphatic rings. The predicted molar refractivity (Wildman–Crippen MR) is 85.2 cm³/mol. The lowest BCUT2D eigenvalue weighted by molar-refractivity contribution is -0.385. The predicted octanol–water partition coefficient (Wildman–Crippen LogP) is 2.59. The van der Waals surface area contributed by atoms with Gasteiger partial charge in [-0.25, -0.2) is 0 Å². The molecule has 1 amide bonds. The molecule has 21 heavy (non-hydrogen) atoms. The number of nitrogens with two attached hydrogens (primary N) is 1. The molecule has 8 heteroatoms. The number of likely N-dealkylation sites (tertiary alicyclic amines) is 1. The van der Waals surface area contributed by atoms with E-state index in [0.717, 1.165) is 12.8 Å². The summed E-state index contributed by atoms with van der Waals surface area (Å²) < 4.78 is 0. The molecule has 2 rings (SSSR count). The molecule has 1 saturated heterocycles. The highest BCUT2D eigenvalue weighted by molar-refractivity contribution is 7.14. The van der Waals surface area contributed by atoms with Gasteiger partial charge in [0.2, 0.25) is 0 Å². The van der Waals surface area contributed by atoms with E-state index in [-0.39, 0.29) is 30.0 Å². The van der Waals surface area contributed by atoms with Gasteiger partial charge in [0.05, 0.1) is 14.7 Å². The van der Waals surface area contributed by atoms with Crippen LogP contribution in [0.5, 0.6) is 0 Å². The van der Waals surface area contributed by atoms with Crippen LogP contribution in [0.1, 0.15) is 34.3 Å². The molecule has 0 aliphatic carbocycles. The van der Waals surface area contributed by atoms with Gasteiger partial charge >= 0.3 is 0 Å². The van der Waals surface area contributed by atoms with Crippen molar-refractivity contribution in [3.05, 3.63) is 25.9 Å². The molecule has 2 unspecified atom stereocenters. The van der Waals surface area contributed by atoms with E-state index in [1.165, 1.54) is 17.4 Å². The van der Waals surface area contributed by atoms with E-state index in [9.17, 15) is 14.9 Å². The Labute approximate surface area is 133 Å². The molecule has 118 valence electrons. The molecule has 1 aromatic heterocycles. The number of hydrogen-bond donors (Lipinski definition) is 1. The van der Waals surface area contributed by atoms with Gasteiger partial charge in [0, 0.05) is 25.2 Å². The number of rotatable bonds is 3. The number of amides is 1. The van der Waals surface area contributed by atoms with E-state index < -0.39 is 4.92 Å². The van der Waals surface area contributed by atoms with Gasteiger partial charge in [-0.15, -0.1) is 23.7 Å². The lowest BCUT2D eigenvalue weighted by atomic mass is 9.92. The van der Waals surface area contributed by atoms with Gasteiger partial charge < -0.3 is 10.6 Å². The molecule has 2 atom stereocenters. The summed E-state index contributed by atoms with van der Waals surface area (Å²) in [5, 5.41) is 10.9. The van der Waals surface area contributed by atoms with Crippen molar-refractivity contribution in [2.45, 2.75) is 32.7 Å². The molecule has 1 fully saturated rings. The Kier molecular flexibility index (Phi) is 6.12. The molecular weight excluding hydrogens is 314 g/mol. The van der Waals surface area contributed by atoms with Crippen molar-refractivity contribution in [2.75, 3.05) is 13.1 Å². The van der Waals surface area contributed by atoms with Crippen molar-refractivity contribution in [2.24, 2.45) is 11.7 Å². The largest absolute Gasteiger partial charge is 0.334 e. The maximum atomic E-state index is 12.5. The first-order chi connectivity index (χ1) is 9.43. The monoisotopic (exact) mass is 333 g/mol. The maximum Gasteiger partial charge on any atom is 0.283 e. The van der Waals surface area contributed by atoms with Gasteiger partial charge in [0.15, 0.2) is 0 Å². The van der Waals surface area contributed by atoms with Gasteiger partial charge in [0.25, 0.3) is 11.6 Å². The minimum Gasteiger partial charge on any atom is -0.334 e. The van der Waals surface area contributed by atoms with Gasteiger partial charge in [-0.1, -0.05) is 6.92 Å². The minimum absolute atomic E-state index is 0. The van der Waals surface area contributed by atoms with E-state index in [4.69, 9.17) is 5.73 Å². The fraction of sp³-hybridized carbons (Fsp3) is 0.615. The zero-order valence-corrected chi connectivity index (χ0v) is 13.7. The highest BCUT2D eigenvalue weighted by Crippen LogP contribution is 2.31. The summed E-state index contributed by atoms with van der Waals surface area (Å²) in [7, 11) is 0. The fourth-order valence-corrected chi connectivity index (χ4v) is 3.59. The standard InChI is InChI=1S/C13H19N3O3S.ClH/c1-8-3-4-15(10(5-8)7-14)13(17)12-6-11(16(18)19)9(2)20-12;/h6,8,10H,3-5,7,14H2,1-2H3;1H. The quantitative estimate of drug-likeness (QED) is 0.680. The first kappa shape index (κ1) is 17.9. The van der Waals surface area contributed by atoms with E-state index in [0.29, 0.717) is 28.8 Å². The molecule has 2 heterocycles. The Morgan fingerprint density at radius 2 is 2.29 bits per heavy atom. The Morgan fingerprint density at radius 3 is 2.81 bits per heavy atom. The first-order valence-corrected chi connectivity index (χ1v) is 7.51. The number of thiophene rings is 1. The van der Waals surface area contributed by atoms with Crippen LogP contribution in [0, 0.1) is 23.0 Å². The topological polar surface area (TPSA) is 89.5 Å². The van der Waals surface area contributed by atoms with Crippen LogP contribution in [0.25, 0.3) is 0 Å². The second-order valence-electron chi connectivity index (χ2n) is 5.33. The zero-order valence-electron chi connectivity index (χ0n) is 12.1. The third-order valence-corrected chi connectivity index (χ3v) is 4.84. The normalized spacial score (nSPS) is 21.8. The first-order valence-electron chi connectivity index (χ1n) is 6.70. The molecule has 0 radical (unpaired) electrons. The van der Waals surface area contributed by atoms with E-state index in [2.05, 4.69) is 6.92 Å². The SMILES string of the molecule is Cc1sc(C(=O)N2CCC(C)CC2CN)cc1[N+](=O)[O-].Cl. The summed E-state index contributed by atoms with van der Waals surface area (Å²) in [6.07, 6.45) is 1.85. The third-order valence-electron chi connectivity index (χ3n) is 3.81. The van der Waals surface area contributed by atoms with Crippen molar-refractivity contribution in [3.63, 3.8) is 0 Å². The minimum atomic E-state index is -0.443. The molecule has 6 nitrogen and oxygen atoms in total. The number of aryl methyl sites for hydroxylation is 1. The molecule has 0 aromatic carbocycles.